The van der Waals surface area contributed by atoms with Gasteiger partial charge >= 0.3 is 0 Å². The quantitative estimate of drug-likeness (QED) is 0.623. The van der Waals surface area contributed by atoms with E-state index < -0.39 is 0 Å². The van der Waals surface area contributed by atoms with Crippen molar-refractivity contribution in [2.45, 2.75) is 0 Å². The highest BCUT2D eigenvalue weighted by Gasteiger charge is 2.04. The third-order valence-electron chi connectivity index (χ3n) is 2.33. The Labute approximate surface area is 89.4 Å². The van der Waals surface area contributed by atoms with Crippen molar-refractivity contribution in [3.8, 4) is 11.4 Å². The van der Waals surface area contributed by atoms with E-state index in [-0.39, 0.29) is 5.56 Å². The van der Waals surface area contributed by atoms with Gasteiger partial charge in [0, 0.05) is 5.56 Å². The summed E-state index contributed by atoms with van der Waals surface area (Å²) in [7, 11) is 0. The van der Waals surface area contributed by atoms with Gasteiger partial charge < -0.3 is 4.98 Å². The maximum absolute atomic E-state index is 11.6. The van der Waals surface area contributed by atoms with Crippen molar-refractivity contribution in [1.82, 2.24) is 25.1 Å². The zero-order valence-corrected chi connectivity index (χ0v) is 8.14. The van der Waals surface area contributed by atoms with Crippen LogP contribution in [0.25, 0.3) is 22.3 Å². The summed E-state index contributed by atoms with van der Waals surface area (Å²) < 4.78 is 0. The molecule has 3 rings (SSSR count). The minimum atomic E-state index is -0.161. The lowest BCUT2D eigenvalue weighted by Crippen LogP contribution is -2.06. The van der Waals surface area contributed by atoms with E-state index in [9.17, 15) is 4.79 Å². The van der Waals surface area contributed by atoms with Gasteiger partial charge in [-0.3, -0.25) is 9.89 Å². The van der Waals surface area contributed by atoms with Crippen molar-refractivity contribution in [2.24, 2.45) is 0 Å². The number of fused-ring (bicyclic) bond motifs is 1. The van der Waals surface area contributed by atoms with E-state index >= 15 is 0 Å². The Balaban J connectivity index is 2.31. The van der Waals surface area contributed by atoms with Crippen LogP contribution in [0.3, 0.4) is 0 Å². The number of H-pyrrole nitrogens is 2. The molecule has 0 radical (unpaired) electrons. The molecule has 0 saturated heterocycles. The van der Waals surface area contributed by atoms with E-state index in [1.165, 1.54) is 12.7 Å². The molecule has 3 aromatic rings. The average Bonchev–Trinajstić information content (AvgIpc) is 2.83. The number of benzene rings is 1. The molecular formula is C10H7N5O. The predicted octanol–water partition coefficient (Wildman–Crippen LogP) is 0.708. The molecule has 6 nitrogen and oxygen atoms in total. The Hall–Kier alpha value is -2.50. The molecule has 78 valence electrons. The summed E-state index contributed by atoms with van der Waals surface area (Å²) in [5, 5.41) is 7.05. The minimum Gasteiger partial charge on any atom is -0.313 e. The van der Waals surface area contributed by atoms with E-state index in [0.29, 0.717) is 16.7 Å². The van der Waals surface area contributed by atoms with Crippen LogP contribution in [-0.2, 0) is 0 Å². The number of hydrogen-bond donors (Lipinski definition) is 2. The molecule has 0 unspecified atom stereocenters. The largest absolute Gasteiger partial charge is 0.313 e. The number of aromatic amines is 2. The van der Waals surface area contributed by atoms with Crippen molar-refractivity contribution in [3.05, 3.63) is 41.2 Å². The van der Waals surface area contributed by atoms with Crippen LogP contribution in [0.4, 0.5) is 0 Å². The van der Waals surface area contributed by atoms with Gasteiger partial charge in [0.15, 0.2) is 5.82 Å². The lowest BCUT2D eigenvalue weighted by Gasteiger charge is -1.98. The van der Waals surface area contributed by atoms with E-state index in [0.717, 1.165) is 5.56 Å². The molecule has 6 heteroatoms. The molecule has 2 N–H and O–H groups in total. The molecule has 0 aliphatic heterocycles. The molecule has 0 amide bonds. The third-order valence-corrected chi connectivity index (χ3v) is 2.33. The Morgan fingerprint density at radius 1 is 1.19 bits per heavy atom. The second kappa shape index (κ2) is 3.27. The van der Waals surface area contributed by atoms with Crippen molar-refractivity contribution in [2.75, 3.05) is 0 Å². The van der Waals surface area contributed by atoms with Gasteiger partial charge in [0.1, 0.15) is 6.33 Å². The predicted molar refractivity (Wildman–Crippen MR) is 57.7 cm³/mol. The van der Waals surface area contributed by atoms with Crippen LogP contribution in [0.15, 0.2) is 35.6 Å². The molecule has 2 aromatic heterocycles. The second-order valence-corrected chi connectivity index (χ2v) is 3.30. The van der Waals surface area contributed by atoms with E-state index in [4.69, 9.17) is 0 Å². The molecule has 0 fully saturated rings. The zero-order valence-electron chi connectivity index (χ0n) is 8.14. The Morgan fingerprint density at radius 2 is 2.12 bits per heavy atom. The van der Waals surface area contributed by atoms with Gasteiger partial charge in [0.05, 0.1) is 17.2 Å². The summed E-state index contributed by atoms with van der Waals surface area (Å²) >= 11 is 0. The monoisotopic (exact) mass is 213 g/mol. The van der Waals surface area contributed by atoms with Crippen molar-refractivity contribution in [3.63, 3.8) is 0 Å². The maximum Gasteiger partial charge on any atom is 0.258 e. The lowest BCUT2D eigenvalue weighted by molar-refractivity contribution is 1.09. The van der Waals surface area contributed by atoms with Crippen LogP contribution in [0.5, 0.6) is 0 Å². The van der Waals surface area contributed by atoms with Crippen LogP contribution >= 0.6 is 0 Å². The van der Waals surface area contributed by atoms with Crippen molar-refractivity contribution < 1.29 is 0 Å². The van der Waals surface area contributed by atoms with Gasteiger partial charge in [0.2, 0.25) is 0 Å². The fraction of sp³-hybridized carbons (Fsp3) is 0. The van der Waals surface area contributed by atoms with Crippen LogP contribution in [-0.4, -0.2) is 25.1 Å². The standard InChI is InChI=1S/C10H7N5O/c16-10-7-3-6(9-12-5-14-15-9)1-2-8(7)11-4-13-10/h1-5H,(H,11,13,16)(H,12,14,15). The Morgan fingerprint density at radius 3 is 2.94 bits per heavy atom. The molecule has 0 aliphatic carbocycles. The number of hydrogen-bond acceptors (Lipinski definition) is 4. The van der Waals surface area contributed by atoms with E-state index in [2.05, 4.69) is 25.1 Å². The van der Waals surface area contributed by atoms with E-state index in [1.54, 1.807) is 12.1 Å². The van der Waals surface area contributed by atoms with Gasteiger partial charge in [-0.05, 0) is 18.2 Å². The highest BCUT2D eigenvalue weighted by molar-refractivity contribution is 5.82. The fourth-order valence-corrected chi connectivity index (χ4v) is 1.56. The molecule has 1 aromatic carbocycles. The molecule has 0 spiro atoms. The topological polar surface area (TPSA) is 87.3 Å². The number of nitrogens with zero attached hydrogens (tertiary/aromatic N) is 3. The summed E-state index contributed by atoms with van der Waals surface area (Å²) in [5.41, 5.74) is 1.31. The molecule has 0 saturated carbocycles. The SMILES string of the molecule is O=c1[nH]cnc2ccc(-c3ncn[nH]3)cc12. The molecule has 2 heterocycles. The highest BCUT2D eigenvalue weighted by atomic mass is 16.1. The molecule has 0 bridgehead atoms. The van der Waals surface area contributed by atoms with Crippen LogP contribution in [0.1, 0.15) is 0 Å². The van der Waals surface area contributed by atoms with Crippen molar-refractivity contribution in [1.29, 1.82) is 0 Å². The first-order valence-corrected chi connectivity index (χ1v) is 4.68. The molecule has 0 atom stereocenters. The zero-order chi connectivity index (χ0) is 11.0. The molecular weight excluding hydrogens is 206 g/mol. The van der Waals surface area contributed by atoms with Crippen LogP contribution in [0.2, 0.25) is 0 Å². The minimum absolute atomic E-state index is 0.161. The summed E-state index contributed by atoms with van der Waals surface area (Å²) in [4.78, 5) is 22.2. The summed E-state index contributed by atoms with van der Waals surface area (Å²) in [6, 6.07) is 5.36. The van der Waals surface area contributed by atoms with Crippen LogP contribution in [0, 0.1) is 0 Å². The normalized spacial score (nSPS) is 10.8. The fourth-order valence-electron chi connectivity index (χ4n) is 1.56. The average molecular weight is 213 g/mol. The van der Waals surface area contributed by atoms with Gasteiger partial charge in [-0.2, -0.15) is 5.10 Å². The number of nitrogens with one attached hydrogen (secondary N) is 2. The van der Waals surface area contributed by atoms with Crippen molar-refractivity contribution >= 4 is 10.9 Å². The number of rotatable bonds is 1. The van der Waals surface area contributed by atoms with Gasteiger partial charge in [0.25, 0.3) is 5.56 Å². The first kappa shape index (κ1) is 8.78. The first-order chi connectivity index (χ1) is 7.84. The summed E-state index contributed by atoms with van der Waals surface area (Å²) in [5.74, 6) is 0.630. The number of aromatic nitrogens is 5. The Bertz CT molecular complexity index is 686. The summed E-state index contributed by atoms with van der Waals surface area (Å²) in [6.07, 6.45) is 2.81. The lowest BCUT2D eigenvalue weighted by atomic mass is 10.1. The highest BCUT2D eigenvalue weighted by Crippen LogP contribution is 2.17. The second-order valence-electron chi connectivity index (χ2n) is 3.30. The van der Waals surface area contributed by atoms with E-state index in [1.807, 2.05) is 6.07 Å². The van der Waals surface area contributed by atoms with Crippen LogP contribution < -0.4 is 5.56 Å². The maximum atomic E-state index is 11.6. The first-order valence-electron chi connectivity index (χ1n) is 4.68. The van der Waals surface area contributed by atoms with Gasteiger partial charge in [-0.1, -0.05) is 0 Å². The third kappa shape index (κ3) is 1.28. The van der Waals surface area contributed by atoms with Gasteiger partial charge in [-0.25, -0.2) is 9.97 Å². The Kier molecular flexibility index (Phi) is 1.79. The molecule has 16 heavy (non-hydrogen) atoms. The van der Waals surface area contributed by atoms with Gasteiger partial charge in [-0.15, -0.1) is 0 Å². The smallest absolute Gasteiger partial charge is 0.258 e. The summed E-state index contributed by atoms with van der Waals surface area (Å²) in [6.45, 7) is 0. The molecule has 0 aliphatic rings.